The molecule has 1 aromatic carbocycles. The van der Waals surface area contributed by atoms with Crippen molar-refractivity contribution in [2.75, 3.05) is 9.62 Å². The Bertz CT molecular complexity index is 1120. The summed E-state index contributed by atoms with van der Waals surface area (Å²) in [6, 6.07) is 12.3. The van der Waals surface area contributed by atoms with Gasteiger partial charge in [0, 0.05) is 0 Å². The summed E-state index contributed by atoms with van der Waals surface area (Å²) < 4.78 is 2.16. The summed E-state index contributed by atoms with van der Waals surface area (Å²) in [7, 11) is 0. The summed E-state index contributed by atoms with van der Waals surface area (Å²) in [6.07, 6.45) is 3.14. The van der Waals surface area contributed by atoms with Crippen LogP contribution in [0.4, 0.5) is 16.5 Å². The summed E-state index contributed by atoms with van der Waals surface area (Å²) in [6.45, 7) is 2.08. The van der Waals surface area contributed by atoms with E-state index in [4.69, 9.17) is 4.99 Å². The molecule has 0 radical (unpaired) electrons. The number of aromatic nitrogens is 4. The Morgan fingerprint density at radius 2 is 2.00 bits per heavy atom. The topological polar surface area (TPSA) is 82.1 Å². The van der Waals surface area contributed by atoms with E-state index in [0.29, 0.717) is 11.5 Å². The second-order valence-corrected chi connectivity index (χ2v) is 7.85. The molecule has 0 fully saturated rings. The van der Waals surface area contributed by atoms with E-state index in [1.807, 2.05) is 18.2 Å². The number of para-hydroxylation sites is 1. The number of benzene rings is 1. The lowest BCUT2D eigenvalue weighted by Gasteiger charge is -2.31. The van der Waals surface area contributed by atoms with Gasteiger partial charge in [-0.3, -0.25) is 4.31 Å². The number of thiophene rings is 1. The van der Waals surface area contributed by atoms with E-state index in [1.54, 1.807) is 29.6 Å². The minimum absolute atomic E-state index is 0.0747. The maximum atomic E-state index is 4.94. The Hall–Kier alpha value is -2.91. The number of aliphatic imine (C=N–C) groups is 1. The van der Waals surface area contributed by atoms with E-state index < -0.39 is 0 Å². The molecule has 0 aliphatic carbocycles. The number of anilines is 2. The third-order valence-electron chi connectivity index (χ3n) is 4.18. The van der Waals surface area contributed by atoms with Gasteiger partial charge in [-0.1, -0.05) is 18.2 Å². The van der Waals surface area contributed by atoms with Crippen LogP contribution in [0.1, 0.15) is 6.92 Å². The lowest BCUT2D eigenvalue weighted by atomic mass is 10.2. The highest BCUT2D eigenvalue weighted by molar-refractivity contribution is 8.01. The molecular formula is C18H15N7S2. The highest BCUT2D eigenvalue weighted by atomic mass is 32.2. The molecule has 7 nitrogen and oxygen atoms in total. The molecule has 1 unspecified atom stereocenters. The highest BCUT2D eigenvalue weighted by Gasteiger charge is 2.27. The van der Waals surface area contributed by atoms with Crippen molar-refractivity contribution in [2.45, 2.75) is 17.9 Å². The molecule has 5 rings (SSSR count). The fourth-order valence-corrected chi connectivity index (χ4v) is 4.87. The molecule has 27 heavy (non-hydrogen) atoms. The van der Waals surface area contributed by atoms with Crippen LogP contribution < -0.4 is 9.62 Å². The van der Waals surface area contributed by atoms with Gasteiger partial charge >= 0.3 is 0 Å². The molecule has 1 atom stereocenters. The molecule has 4 heterocycles. The van der Waals surface area contributed by atoms with Crippen molar-refractivity contribution in [2.24, 2.45) is 4.99 Å². The van der Waals surface area contributed by atoms with Gasteiger partial charge in [-0.15, -0.1) is 11.3 Å². The second-order valence-electron chi connectivity index (χ2n) is 5.97. The third-order valence-corrected chi connectivity index (χ3v) is 6.22. The van der Waals surface area contributed by atoms with Crippen molar-refractivity contribution in [1.29, 1.82) is 0 Å². The van der Waals surface area contributed by atoms with Crippen LogP contribution in [0.15, 0.2) is 64.3 Å². The van der Waals surface area contributed by atoms with Crippen LogP contribution >= 0.6 is 23.3 Å². The van der Waals surface area contributed by atoms with Crippen molar-refractivity contribution in [3.8, 4) is 0 Å². The monoisotopic (exact) mass is 393 g/mol. The second kappa shape index (κ2) is 6.67. The summed E-state index contributed by atoms with van der Waals surface area (Å²) in [4.78, 5) is 21.9. The summed E-state index contributed by atoms with van der Waals surface area (Å²) in [5.41, 5.74) is 2.51. The first-order valence-corrected chi connectivity index (χ1v) is 10.0. The van der Waals surface area contributed by atoms with Crippen LogP contribution in [0, 0.1) is 0 Å². The summed E-state index contributed by atoms with van der Waals surface area (Å²) in [5, 5.41) is 6.57. The molecular weight excluding hydrogens is 378 g/mol. The highest BCUT2D eigenvalue weighted by Crippen LogP contribution is 2.43. The van der Waals surface area contributed by atoms with Crippen LogP contribution in [0.3, 0.4) is 0 Å². The van der Waals surface area contributed by atoms with Crippen molar-refractivity contribution in [1.82, 2.24) is 19.9 Å². The number of nitrogens with one attached hydrogen (secondary N) is 2. The van der Waals surface area contributed by atoms with E-state index in [-0.39, 0.29) is 6.04 Å². The van der Waals surface area contributed by atoms with E-state index >= 15 is 0 Å². The van der Waals surface area contributed by atoms with Gasteiger partial charge < -0.3 is 10.3 Å². The molecule has 1 aliphatic heterocycles. The average Bonchev–Trinajstić information content (AvgIpc) is 3.37. The van der Waals surface area contributed by atoms with Crippen LogP contribution in [-0.4, -0.2) is 31.8 Å². The Kier molecular flexibility index (Phi) is 4.02. The standard InChI is InChI=1S/C18H15N7S2/c1-11(23-16-14-15(20-9-19-14)21-10-22-16)17-24-18-13(7-8-26-18)27-25(17)12-5-3-2-4-6-12/h2-11H,1H3,(H2,19,20,21,22,23). The number of hydrogen-bond donors (Lipinski definition) is 2. The van der Waals surface area contributed by atoms with Gasteiger partial charge in [-0.25, -0.2) is 19.9 Å². The molecule has 0 saturated heterocycles. The minimum Gasteiger partial charge on any atom is -0.358 e. The fourth-order valence-electron chi connectivity index (χ4n) is 2.90. The average molecular weight is 394 g/mol. The first-order valence-electron chi connectivity index (χ1n) is 8.39. The number of aromatic amines is 1. The quantitative estimate of drug-likeness (QED) is 0.498. The fraction of sp³-hybridized carbons (Fsp3) is 0.111. The molecule has 0 bridgehead atoms. The number of H-pyrrole nitrogens is 1. The van der Waals surface area contributed by atoms with Gasteiger partial charge in [0.2, 0.25) is 0 Å². The molecule has 1 aliphatic rings. The molecule has 134 valence electrons. The zero-order valence-corrected chi connectivity index (χ0v) is 16.0. The Morgan fingerprint density at radius 1 is 1.11 bits per heavy atom. The van der Waals surface area contributed by atoms with Crippen molar-refractivity contribution < 1.29 is 0 Å². The van der Waals surface area contributed by atoms with E-state index in [9.17, 15) is 0 Å². The zero-order valence-electron chi connectivity index (χ0n) is 14.3. The van der Waals surface area contributed by atoms with Crippen LogP contribution in [0.25, 0.3) is 11.2 Å². The Morgan fingerprint density at radius 3 is 2.89 bits per heavy atom. The van der Waals surface area contributed by atoms with Gasteiger partial charge in [-0.2, -0.15) is 0 Å². The maximum Gasteiger partial charge on any atom is 0.182 e. The predicted octanol–water partition coefficient (Wildman–Crippen LogP) is 4.47. The third kappa shape index (κ3) is 2.94. The van der Waals surface area contributed by atoms with Crippen molar-refractivity contribution in [3.05, 3.63) is 54.4 Å². The molecule has 0 spiro atoms. The number of fused-ring (bicyclic) bond motifs is 2. The van der Waals surface area contributed by atoms with Crippen molar-refractivity contribution in [3.63, 3.8) is 0 Å². The lowest BCUT2D eigenvalue weighted by Crippen LogP contribution is -2.39. The zero-order chi connectivity index (χ0) is 18.2. The normalized spacial score (nSPS) is 14.7. The van der Waals surface area contributed by atoms with E-state index in [2.05, 4.69) is 60.1 Å². The van der Waals surface area contributed by atoms with Gasteiger partial charge in [-0.05, 0) is 42.5 Å². The van der Waals surface area contributed by atoms with E-state index in [1.165, 1.54) is 6.33 Å². The maximum absolute atomic E-state index is 4.94. The lowest BCUT2D eigenvalue weighted by molar-refractivity contribution is 1.00. The Balaban J connectivity index is 1.53. The van der Waals surface area contributed by atoms with Crippen LogP contribution in [0.5, 0.6) is 0 Å². The Labute approximate surface area is 163 Å². The number of rotatable bonds is 4. The van der Waals surface area contributed by atoms with Crippen molar-refractivity contribution >= 4 is 56.8 Å². The number of amidine groups is 1. The first kappa shape index (κ1) is 16.3. The molecule has 9 heteroatoms. The van der Waals surface area contributed by atoms with Gasteiger partial charge in [0.25, 0.3) is 0 Å². The number of imidazole rings is 1. The van der Waals surface area contributed by atoms with E-state index in [0.717, 1.165) is 26.9 Å². The predicted molar refractivity (Wildman–Crippen MR) is 111 cm³/mol. The van der Waals surface area contributed by atoms with Gasteiger partial charge in [0.1, 0.15) is 22.7 Å². The molecule has 4 aromatic rings. The largest absolute Gasteiger partial charge is 0.358 e. The molecule has 3 aromatic heterocycles. The number of hydrogen-bond acceptors (Lipinski definition) is 8. The molecule has 2 N–H and O–H groups in total. The molecule has 0 amide bonds. The smallest absolute Gasteiger partial charge is 0.182 e. The van der Waals surface area contributed by atoms with Crippen LogP contribution in [0.2, 0.25) is 0 Å². The SMILES string of the molecule is CC(Nc1ncnc2nc[nH]c12)C1=Nc2sccc2SN1c1ccccc1. The first-order chi connectivity index (χ1) is 13.3. The number of nitrogens with zero attached hydrogens (tertiary/aromatic N) is 5. The van der Waals surface area contributed by atoms with Crippen LogP contribution in [-0.2, 0) is 0 Å². The molecule has 0 saturated carbocycles. The van der Waals surface area contributed by atoms with Gasteiger partial charge in [0.05, 0.1) is 23.0 Å². The summed E-state index contributed by atoms with van der Waals surface area (Å²) in [5.74, 6) is 1.63. The van der Waals surface area contributed by atoms with Gasteiger partial charge in [0.15, 0.2) is 11.5 Å². The summed E-state index contributed by atoms with van der Waals surface area (Å²) >= 11 is 3.34. The minimum atomic E-state index is -0.0747.